The van der Waals surface area contributed by atoms with E-state index in [1.807, 2.05) is 0 Å². The predicted octanol–water partition coefficient (Wildman–Crippen LogP) is 2.49. The van der Waals surface area contributed by atoms with Gasteiger partial charge in [0.2, 0.25) is 11.9 Å². The Hall–Kier alpha value is -1.38. The standard InChI is InChI=1S/C10H9BrClNO6/c1-18-4-8(10(14)15)19-9-6(11)2-5(12)3-7(9)13(16)17/h2-3,8H,4H2,1H3,(H,14,15). The van der Waals surface area contributed by atoms with E-state index in [1.165, 1.54) is 13.2 Å². The van der Waals surface area contributed by atoms with Crippen LogP contribution in [0.5, 0.6) is 5.75 Å². The number of hydrogen-bond donors (Lipinski definition) is 1. The molecule has 0 spiro atoms. The number of nitro groups is 1. The van der Waals surface area contributed by atoms with Crippen molar-refractivity contribution in [2.24, 2.45) is 0 Å². The number of aliphatic carboxylic acids is 1. The fourth-order valence-electron chi connectivity index (χ4n) is 1.25. The molecule has 0 saturated heterocycles. The highest BCUT2D eigenvalue weighted by Crippen LogP contribution is 2.38. The normalized spacial score (nSPS) is 11.9. The second-order valence-corrected chi connectivity index (χ2v) is 4.68. The van der Waals surface area contributed by atoms with Crippen molar-refractivity contribution in [1.29, 1.82) is 0 Å². The van der Waals surface area contributed by atoms with Crippen LogP contribution < -0.4 is 4.74 Å². The summed E-state index contributed by atoms with van der Waals surface area (Å²) in [5.74, 6) is -1.50. The van der Waals surface area contributed by atoms with Crippen molar-refractivity contribution in [3.63, 3.8) is 0 Å². The lowest BCUT2D eigenvalue weighted by atomic mass is 10.3. The van der Waals surface area contributed by atoms with Crippen molar-refractivity contribution in [2.75, 3.05) is 13.7 Å². The molecular formula is C10H9BrClNO6. The van der Waals surface area contributed by atoms with Crippen molar-refractivity contribution < 1.29 is 24.3 Å². The van der Waals surface area contributed by atoms with Gasteiger partial charge in [0.1, 0.15) is 0 Å². The number of rotatable bonds is 6. The zero-order valence-corrected chi connectivity index (χ0v) is 12.0. The van der Waals surface area contributed by atoms with Crippen molar-refractivity contribution in [3.8, 4) is 5.75 Å². The van der Waals surface area contributed by atoms with Crippen LogP contribution in [0.4, 0.5) is 5.69 Å². The highest BCUT2D eigenvalue weighted by Gasteiger charge is 2.27. The van der Waals surface area contributed by atoms with Crippen LogP contribution >= 0.6 is 27.5 Å². The molecule has 0 aliphatic rings. The Bertz CT molecular complexity index is 509. The summed E-state index contributed by atoms with van der Waals surface area (Å²) in [6.45, 7) is -0.248. The molecule has 1 aromatic rings. The van der Waals surface area contributed by atoms with Gasteiger partial charge in [0, 0.05) is 18.2 Å². The number of halogens is 2. The summed E-state index contributed by atoms with van der Waals surface area (Å²) >= 11 is 8.74. The molecule has 0 aromatic heterocycles. The minimum Gasteiger partial charge on any atom is -0.478 e. The molecule has 104 valence electrons. The lowest BCUT2D eigenvalue weighted by Crippen LogP contribution is -2.31. The van der Waals surface area contributed by atoms with Gasteiger partial charge in [-0.3, -0.25) is 10.1 Å². The van der Waals surface area contributed by atoms with E-state index in [9.17, 15) is 14.9 Å². The molecule has 0 aliphatic carbocycles. The zero-order chi connectivity index (χ0) is 14.6. The van der Waals surface area contributed by atoms with Crippen LogP contribution in [-0.2, 0) is 9.53 Å². The van der Waals surface area contributed by atoms with Gasteiger partial charge >= 0.3 is 11.7 Å². The summed E-state index contributed by atoms with van der Waals surface area (Å²) in [5.41, 5.74) is -0.429. The maximum absolute atomic E-state index is 10.9. The van der Waals surface area contributed by atoms with Crippen molar-refractivity contribution in [3.05, 3.63) is 31.7 Å². The predicted molar refractivity (Wildman–Crippen MR) is 69.7 cm³/mol. The van der Waals surface area contributed by atoms with Crippen LogP contribution in [0.25, 0.3) is 0 Å². The summed E-state index contributed by atoms with van der Waals surface area (Å²) in [6.07, 6.45) is -1.36. The van der Waals surface area contributed by atoms with Crippen molar-refractivity contribution >= 4 is 39.2 Å². The van der Waals surface area contributed by atoms with E-state index in [1.54, 1.807) is 0 Å². The van der Waals surface area contributed by atoms with Gasteiger partial charge in [0.25, 0.3) is 0 Å². The summed E-state index contributed by atoms with van der Waals surface area (Å²) in [4.78, 5) is 21.1. The van der Waals surface area contributed by atoms with Crippen LogP contribution in [0, 0.1) is 10.1 Å². The molecule has 1 atom stereocenters. The van der Waals surface area contributed by atoms with Crippen LogP contribution in [0.3, 0.4) is 0 Å². The zero-order valence-electron chi connectivity index (χ0n) is 9.63. The third-order valence-electron chi connectivity index (χ3n) is 2.04. The summed E-state index contributed by atoms with van der Waals surface area (Å²) in [7, 11) is 1.30. The molecule has 0 amide bonds. The number of benzene rings is 1. The van der Waals surface area contributed by atoms with Gasteiger partial charge < -0.3 is 14.6 Å². The lowest BCUT2D eigenvalue weighted by molar-refractivity contribution is -0.386. The second kappa shape index (κ2) is 6.69. The second-order valence-electron chi connectivity index (χ2n) is 3.39. The fraction of sp³-hybridized carbons (Fsp3) is 0.300. The highest BCUT2D eigenvalue weighted by atomic mass is 79.9. The first-order chi connectivity index (χ1) is 8.86. The van der Waals surface area contributed by atoms with Crippen LogP contribution in [0.2, 0.25) is 5.02 Å². The van der Waals surface area contributed by atoms with Crippen molar-refractivity contribution in [2.45, 2.75) is 6.10 Å². The molecule has 9 heteroatoms. The Morgan fingerprint density at radius 1 is 1.63 bits per heavy atom. The van der Waals surface area contributed by atoms with Gasteiger partial charge in [0.15, 0.2) is 0 Å². The first-order valence-corrected chi connectivity index (χ1v) is 6.05. The third kappa shape index (κ3) is 4.05. The Balaban J connectivity index is 3.18. The monoisotopic (exact) mass is 353 g/mol. The maximum Gasteiger partial charge on any atom is 0.347 e. The molecule has 0 bridgehead atoms. The average Bonchev–Trinajstić information content (AvgIpc) is 2.30. The largest absolute Gasteiger partial charge is 0.478 e. The summed E-state index contributed by atoms with van der Waals surface area (Å²) in [6, 6.07) is 2.45. The molecule has 0 radical (unpaired) electrons. The highest BCUT2D eigenvalue weighted by molar-refractivity contribution is 9.10. The number of carbonyl (C=O) groups is 1. The van der Waals surface area contributed by atoms with Gasteiger partial charge in [-0.1, -0.05) is 11.6 Å². The number of carboxylic acids is 1. The van der Waals surface area contributed by atoms with E-state index < -0.39 is 22.7 Å². The lowest BCUT2D eigenvalue weighted by Gasteiger charge is -2.15. The number of nitrogens with zero attached hydrogens (tertiary/aromatic N) is 1. The minimum absolute atomic E-state index is 0.129. The van der Waals surface area contributed by atoms with Gasteiger partial charge in [-0.2, -0.15) is 0 Å². The van der Waals surface area contributed by atoms with Crippen LogP contribution in [0.1, 0.15) is 0 Å². The average molecular weight is 355 g/mol. The SMILES string of the molecule is COCC(Oc1c(Br)cc(Cl)cc1[N+](=O)[O-])C(=O)O. The minimum atomic E-state index is -1.36. The maximum atomic E-state index is 10.9. The van der Waals surface area contributed by atoms with Gasteiger partial charge in [0.05, 0.1) is 16.0 Å². The molecule has 0 fully saturated rings. The van der Waals surface area contributed by atoms with Gasteiger partial charge in [-0.05, 0) is 22.0 Å². The fourth-order valence-corrected chi connectivity index (χ4v) is 2.14. The van der Waals surface area contributed by atoms with Gasteiger partial charge in [-0.15, -0.1) is 0 Å². The number of carboxylic acid groups (broad SMARTS) is 1. The van der Waals surface area contributed by atoms with E-state index in [4.69, 9.17) is 21.4 Å². The topological polar surface area (TPSA) is 98.9 Å². The van der Waals surface area contributed by atoms with Crippen LogP contribution in [0.15, 0.2) is 16.6 Å². The molecule has 0 heterocycles. The molecule has 0 saturated carbocycles. The molecular weight excluding hydrogens is 345 g/mol. The molecule has 1 unspecified atom stereocenters. The van der Waals surface area contributed by atoms with Gasteiger partial charge in [-0.25, -0.2) is 4.79 Å². The van der Waals surface area contributed by atoms with Crippen LogP contribution in [-0.4, -0.2) is 35.8 Å². The Morgan fingerprint density at radius 2 is 2.26 bits per heavy atom. The Morgan fingerprint density at radius 3 is 2.74 bits per heavy atom. The van der Waals surface area contributed by atoms with E-state index in [-0.39, 0.29) is 21.9 Å². The molecule has 1 N–H and O–H groups in total. The quantitative estimate of drug-likeness (QED) is 0.622. The van der Waals surface area contributed by atoms with E-state index >= 15 is 0 Å². The first-order valence-electron chi connectivity index (χ1n) is 4.88. The van der Waals surface area contributed by atoms with E-state index in [0.717, 1.165) is 6.07 Å². The number of ether oxygens (including phenoxy) is 2. The third-order valence-corrected chi connectivity index (χ3v) is 2.85. The summed E-state index contributed by atoms with van der Waals surface area (Å²) in [5, 5.41) is 20.0. The number of methoxy groups -OCH3 is 1. The number of hydrogen-bond acceptors (Lipinski definition) is 5. The first kappa shape index (κ1) is 15.7. The Labute approximate surface area is 121 Å². The molecule has 19 heavy (non-hydrogen) atoms. The molecule has 1 rings (SSSR count). The van der Waals surface area contributed by atoms with E-state index in [0.29, 0.717) is 0 Å². The molecule has 1 aromatic carbocycles. The number of nitro benzene ring substituents is 1. The smallest absolute Gasteiger partial charge is 0.347 e. The summed E-state index contributed by atoms with van der Waals surface area (Å²) < 4.78 is 10.00. The Kier molecular flexibility index (Phi) is 5.52. The van der Waals surface area contributed by atoms with E-state index in [2.05, 4.69) is 20.7 Å². The van der Waals surface area contributed by atoms with Crippen molar-refractivity contribution in [1.82, 2.24) is 0 Å². The molecule has 7 nitrogen and oxygen atoms in total. The molecule has 0 aliphatic heterocycles.